The van der Waals surface area contributed by atoms with E-state index in [-0.39, 0.29) is 17.4 Å². The third-order valence-electron chi connectivity index (χ3n) is 4.16. The van der Waals surface area contributed by atoms with E-state index in [4.69, 9.17) is 13.9 Å². The molecular formula is C20H28N2O5S. The van der Waals surface area contributed by atoms with Crippen molar-refractivity contribution >= 4 is 16.7 Å². The number of methoxy groups -OCH3 is 2. The highest BCUT2D eigenvalue weighted by Crippen LogP contribution is 2.32. The summed E-state index contributed by atoms with van der Waals surface area (Å²) in [5.41, 5.74) is 1.31. The van der Waals surface area contributed by atoms with Gasteiger partial charge in [0.15, 0.2) is 11.5 Å². The lowest BCUT2D eigenvalue weighted by Gasteiger charge is -2.07. The van der Waals surface area contributed by atoms with E-state index in [0.717, 1.165) is 12.0 Å². The number of benzene rings is 1. The molecule has 0 aliphatic carbocycles. The molecule has 0 bridgehead atoms. The Labute approximate surface area is 168 Å². The zero-order valence-electron chi connectivity index (χ0n) is 17.0. The van der Waals surface area contributed by atoms with Crippen molar-refractivity contribution in [3.05, 3.63) is 29.7 Å². The van der Waals surface area contributed by atoms with Crippen LogP contribution in [0.2, 0.25) is 0 Å². The molecule has 28 heavy (non-hydrogen) atoms. The molecule has 0 spiro atoms. The molecule has 0 radical (unpaired) electrons. The predicted molar refractivity (Wildman–Crippen MR) is 109 cm³/mol. The maximum Gasteiger partial charge on any atom is 0.232 e. The van der Waals surface area contributed by atoms with Crippen molar-refractivity contribution in [2.24, 2.45) is 5.92 Å². The van der Waals surface area contributed by atoms with Crippen LogP contribution in [0.3, 0.4) is 0 Å². The van der Waals surface area contributed by atoms with Crippen molar-refractivity contribution in [1.82, 2.24) is 10.3 Å². The fraction of sp³-hybridized carbons (Fsp3) is 0.500. The Kier molecular flexibility index (Phi) is 8.04. The minimum Gasteiger partial charge on any atom is -0.493 e. The molecule has 0 fully saturated rings. The van der Waals surface area contributed by atoms with Gasteiger partial charge < -0.3 is 19.2 Å². The van der Waals surface area contributed by atoms with Crippen LogP contribution in [0.4, 0.5) is 0 Å². The Morgan fingerprint density at radius 2 is 1.96 bits per heavy atom. The molecule has 0 saturated heterocycles. The highest BCUT2D eigenvalue weighted by molar-refractivity contribution is 7.84. The van der Waals surface area contributed by atoms with Crippen LogP contribution in [-0.2, 0) is 21.3 Å². The first-order chi connectivity index (χ1) is 13.3. The summed E-state index contributed by atoms with van der Waals surface area (Å²) in [6.07, 6.45) is 0.898. The Morgan fingerprint density at radius 3 is 2.61 bits per heavy atom. The van der Waals surface area contributed by atoms with Crippen molar-refractivity contribution in [1.29, 1.82) is 0 Å². The minimum atomic E-state index is -1.36. The SMILES string of the molecule is COc1ccc(-c2nc(CS(=O)CC(=O)NCCC(C)C)c(C)o2)cc1OC. The molecule has 1 heterocycles. The Bertz CT molecular complexity index is 832. The normalized spacial score (nSPS) is 12.1. The van der Waals surface area contributed by atoms with Crippen LogP contribution in [0.5, 0.6) is 11.5 Å². The molecule has 0 aliphatic rings. The number of amides is 1. The number of carbonyl (C=O) groups excluding carboxylic acids is 1. The van der Waals surface area contributed by atoms with Gasteiger partial charge in [0, 0.05) is 22.9 Å². The molecule has 1 atom stereocenters. The lowest BCUT2D eigenvalue weighted by molar-refractivity contribution is -0.118. The predicted octanol–water partition coefficient (Wildman–Crippen LogP) is 3.08. The largest absolute Gasteiger partial charge is 0.493 e. The molecular weight excluding hydrogens is 380 g/mol. The van der Waals surface area contributed by atoms with E-state index in [9.17, 15) is 9.00 Å². The second-order valence-electron chi connectivity index (χ2n) is 6.85. The quantitative estimate of drug-likeness (QED) is 0.650. The topological polar surface area (TPSA) is 90.7 Å². The molecule has 1 aromatic heterocycles. The number of aryl methyl sites for hydroxylation is 1. The van der Waals surface area contributed by atoms with Crippen LogP contribution < -0.4 is 14.8 Å². The van der Waals surface area contributed by atoms with E-state index in [2.05, 4.69) is 24.1 Å². The number of rotatable bonds is 10. The van der Waals surface area contributed by atoms with Crippen LogP contribution in [-0.4, -0.2) is 41.6 Å². The number of carbonyl (C=O) groups is 1. The lowest BCUT2D eigenvalue weighted by atomic mass is 10.1. The van der Waals surface area contributed by atoms with Crippen LogP contribution in [0.1, 0.15) is 31.7 Å². The molecule has 1 unspecified atom stereocenters. The van der Waals surface area contributed by atoms with Gasteiger partial charge in [-0.05, 0) is 37.5 Å². The van der Waals surface area contributed by atoms with Gasteiger partial charge in [-0.25, -0.2) is 4.98 Å². The van der Waals surface area contributed by atoms with Crippen LogP contribution in [0.25, 0.3) is 11.5 Å². The zero-order chi connectivity index (χ0) is 20.7. The fourth-order valence-electron chi connectivity index (χ4n) is 2.56. The first-order valence-electron chi connectivity index (χ1n) is 9.14. The van der Waals surface area contributed by atoms with Crippen molar-refractivity contribution < 1.29 is 22.9 Å². The molecule has 0 saturated carbocycles. The molecule has 0 aliphatic heterocycles. The van der Waals surface area contributed by atoms with Crippen LogP contribution >= 0.6 is 0 Å². The van der Waals surface area contributed by atoms with Gasteiger partial charge in [0.25, 0.3) is 0 Å². The van der Waals surface area contributed by atoms with Crippen molar-refractivity contribution in [3.8, 4) is 23.0 Å². The van der Waals surface area contributed by atoms with E-state index in [1.807, 2.05) is 6.07 Å². The molecule has 1 N–H and O–H groups in total. The van der Waals surface area contributed by atoms with Gasteiger partial charge in [-0.3, -0.25) is 9.00 Å². The summed E-state index contributed by atoms with van der Waals surface area (Å²) in [6.45, 7) is 6.55. The van der Waals surface area contributed by atoms with Gasteiger partial charge in [0.2, 0.25) is 11.8 Å². The lowest BCUT2D eigenvalue weighted by Crippen LogP contribution is -2.30. The molecule has 154 valence electrons. The third-order valence-corrected chi connectivity index (χ3v) is 5.34. The molecule has 1 amide bonds. The maximum absolute atomic E-state index is 12.3. The Morgan fingerprint density at radius 1 is 1.25 bits per heavy atom. The number of nitrogens with zero attached hydrogens (tertiary/aromatic N) is 1. The highest BCUT2D eigenvalue weighted by atomic mass is 32.2. The smallest absolute Gasteiger partial charge is 0.232 e. The summed E-state index contributed by atoms with van der Waals surface area (Å²) in [4.78, 5) is 16.3. The minimum absolute atomic E-state index is 0.0455. The van der Waals surface area contributed by atoms with Crippen LogP contribution in [0, 0.1) is 12.8 Å². The number of ether oxygens (including phenoxy) is 2. The summed E-state index contributed by atoms with van der Waals surface area (Å²) in [5, 5.41) is 2.80. The van der Waals surface area contributed by atoms with Crippen LogP contribution in [0.15, 0.2) is 22.6 Å². The van der Waals surface area contributed by atoms with Gasteiger partial charge >= 0.3 is 0 Å². The monoisotopic (exact) mass is 408 g/mol. The Balaban J connectivity index is 2.02. The first kappa shape index (κ1) is 21.9. The number of hydrogen-bond acceptors (Lipinski definition) is 6. The van der Waals surface area contributed by atoms with E-state index < -0.39 is 10.8 Å². The summed E-state index contributed by atoms with van der Waals surface area (Å²) in [7, 11) is 1.77. The van der Waals surface area contributed by atoms with E-state index in [1.54, 1.807) is 33.3 Å². The number of nitrogens with one attached hydrogen (secondary N) is 1. The average molecular weight is 409 g/mol. The molecule has 1 aromatic carbocycles. The van der Waals surface area contributed by atoms with Gasteiger partial charge in [-0.1, -0.05) is 13.8 Å². The first-order valence-corrected chi connectivity index (χ1v) is 10.6. The van der Waals surface area contributed by atoms with Gasteiger partial charge in [0.1, 0.15) is 11.5 Å². The molecule has 7 nitrogen and oxygen atoms in total. The zero-order valence-corrected chi connectivity index (χ0v) is 17.9. The number of oxazole rings is 1. The summed E-state index contributed by atoms with van der Waals surface area (Å²) >= 11 is 0. The Hall–Kier alpha value is -2.35. The summed E-state index contributed by atoms with van der Waals surface area (Å²) in [5.74, 6) is 2.60. The number of aromatic nitrogens is 1. The van der Waals surface area contributed by atoms with Gasteiger partial charge in [0.05, 0.1) is 25.7 Å². The summed E-state index contributed by atoms with van der Waals surface area (Å²) in [6, 6.07) is 5.36. The second-order valence-corrected chi connectivity index (χ2v) is 8.31. The van der Waals surface area contributed by atoms with Crippen molar-refractivity contribution in [3.63, 3.8) is 0 Å². The average Bonchev–Trinajstić information content (AvgIpc) is 3.01. The van der Waals surface area contributed by atoms with E-state index in [0.29, 0.717) is 41.3 Å². The fourth-order valence-corrected chi connectivity index (χ4v) is 3.63. The van der Waals surface area contributed by atoms with Gasteiger partial charge in [-0.2, -0.15) is 0 Å². The molecule has 2 rings (SSSR count). The molecule has 8 heteroatoms. The third kappa shape index (κ3) is 6.09. The number of hydrogen-bond donors (Lipinski definition) is 1. The van der Waals surface area contributed by atoms with E-state index >= 15 is 0 Å². The highest BCUT2D eigenvalue weighted by Gasteiger charge is 2.17. The summed E-state index contributed by atoms with van der Waals surface area (Å²) < 4.78 is 28.6. The van der Waals surface area contributed by atoms with Crippen molar-refractivity contribution in [2.75, 3.05) is 26.5 Å². The van der Waals surface area contributed by atoms with Crippen molar-refractivity contribution in [2.45, 2.75) is 32.9 Å². The van der Waals surface area contributed by atoms with E-state index in [1.165, 1.54) is 0 Å². The van der Waals surface area contributed by atoms with Gasteiger partial charge in [-0.15, -0.1) is 0 Å². The maximum atomic E-state index is 12.3. The second kappa shape index (κ2) is 10.3. The standard InChI is InChI=1S/C20H28N2O5S/c1-13(2)8-9-21-19(23)12-28(24)11-16-14(3)27-20(22-16)15-6-7-17(25-4)18(10-15)26-5/h6-7,10,13H,8-9,11-12H2,1-5H3,(H,21,23). The molecule has 2 aromatic rings.